The Morgan fingerprint density at radius 1 is 1.00 bits per heavy atom. The number of nitrogens with zero attached hydrogens (tertiary/aromatic N) is 1. The number of rotatable bonds is 7. The standard InChI is InChI=1S/C28H21ClN2O3/c1-33-24-13-11-23(12-14-24)31-28(32)21(17-30)16-26-25-5-3-2-4-20(25)8-15-27(26)34-18-19-6-9-22(29)10-7-19/h2-16H,18H2,1H3,(H,31,32)/b21-16+. The van der Waals surface area contributed by atoms with Gasteiger partial charge in [-0.15, -0.1) is 0 Å². The van der Waals surface area contributed by atoms with E-state index in [0.29, 0.717) is 34.4 Å². The van der Waals surface area contributed by atoms with E-state index in [1.807, 2.05) is 54.6 Å². The van der Waals surface area contributed by atoms with Gasteiger partial charge in [0.05, 0.1) is 7.11 Å². The van der Waals surface area contributed by atoms with E-state index in [0.717, 1.165) is 16.3 Å². The highest BCUT2D eigenvalue weighted by molar-refractivity contribution is 6.30. The molecule has 0 aromatic heterocycles. The molecule has 0 saturated heterocycles. The normalized spacial score (nSPS) is 11.0. The zero-order chi connectivity index (χ0) is 23.9. The number of carbonyl (C=O) groups is 1. The summed E-state index contributed by atoms with van der Waals surface area (Å²) < 4.78 is 11.2. The summed E-state index contributed by atoms with van der Waals surface area (Å²) in [5, 5.41) is 15.0. The molecule has 1 amide bonds. The number of amides is 1. The van der Waals surface area contributed by atoms with Gasteiger partial charge in [0.1, 0.15) is 29.7 Å². The first kappa shape index (κ1) is 22.9. The van der Waals surface area contributed by atoms with Crippen LogP contribution in [0.5, 0.6) is 11.5 Å². The molecule has 1 N–H and O–H groups in total. The number of fused-ring (bicyclic) bond motifs is 1. The maximum Gasteiger partial charge on any atom is 0.266 e. The number of nitrogens with one attached hydrogen (secondary N) is 1. The lowest BCUT2D eigenvalue weighted by Gasteiger charge is -2.13. The lowest BCUT2D eigenvalue weighted by atomic mass is 10.0. The quantitative estimate of drug-likeness (QED) is 0.244. The minimum Gasteiger partial charge on any atom is -0.497 e. The molecule has 4 aromatic carbocycles. The number of halogens is 1. The maximum atomic E-state index is 12.9. The molecule has 4 rings (SSSR count). The van der Waals surface area contributed by atoms with Gasteiger partial charge in [-0.1, -0.05) is 54.1 Å². The van der Waals surface area contributed by atoms with Crippen LogP contribution in [0.1, 0.15) is 11.1 Å². The number of anilines is 1. The molecule has 0 heterocycles. The van der Waals surface area contributed by atoms with Gasteiger partial charge in [-0.3, -0.25) is 4.79 Å². The molecule has 0 bridgehead atoms. The Balaban J connectivity index is 1.66. The fourth-order valence-electron chi connectivity index (χ4n) is 3.46. The molecular formula is C28H21ClN2O3. The Hall–Kier alpha value is -4.27. The molecule has 0 spiro atoms. The summed E-state index contributed by atoms with van der Waals surface area (Å²) in [4.78, 5) is 12.9. The van der Waals surface area contributed by atoms with Crippen LogP contribution in [0.3, 0.4) is 0 Å². The van der Waals surface area contributed by atoms with Crippen molar-refractivity contribution in [3.05, 3.63) is 107 Å². The van der Waals surface area contributed by atoms with E-state index in [1.165, 1.54) is 0 Å². The summed E-state index contributed by atoms with van der Waals surface area (Å²) in [6.07, 6.45) is 1.57. The topological polar surface area (TPSA) is 71.3 Å². The van der Waals surface area contributed by atoms with Crippen LogP contribution in [0, 0.1) is 11.3 Å². The lowest BCUT2D eigenvalue weighted by molar-refractivity contribution is -0.112. The molecule has 34 heavy (non-hydrogen) atoms. The fraction of sp³-hybridized carbons (Fsp3) is 0.0714. The van der Waals surface area contributed by atoms with Crippen LogP contribution >= 0.6 is 11.6 Å². The van der Waals surface area contributed by atoms with Gasteiger partial charge >= 0.3 is 0 Å². The molecule has 0 fully saturated rings. The molecule has 168 valence electrons. The number of ether oxygens (including phenoxy) is 2. The third kappa shape index (κ3) is 5.37. The second-order valence-corrected chi connectivity index (χ2v) is 7.90. The van der Waals surface area contributed by atoms with E-state index in [2.05, 4.69) is 5.32 Å². The Bertz CT molecular complexity index is 1390. The van der Waals surface area contributed by atoms with E-state index in [9.17, 15) is 10.1 Å². The van der Waals surface area contributed by atoms with E-state index in [4.69, 9.17) is 21.1 Å². The zero-order valence-corrected chi connectivity index (χ0v) is 19.2. The van der Waals surface area contributed by atoms with Crippen LogP contribution < -0.4 is 14.8 Å². The molecule has 6 heteroatoms. The lowest BCUT2D eigenvalue weighted by Crippen LogP contribution is -2.13. The Morgan fingerprint density at radius 2 is 1.74 bits per heavy atom. The Labute approximate surface area is 202 Å². The van der Waals surface area contributed by atoms with E-state index >= 15 is 0 Å². The van der Waals surface area contributed by atoms with Gasteiger partial charge in [0.25, 0.3) is 5.91 Å². The smallest absolute Gasteiger partial charge is 0.266 e. The average Bonchev–Trinajstić information content (AvgIpc) is 2.87. The SMILES string of the molecule is COc1ccc(NC(=O)/C(C#N)=C/c2c(OCc3ccc(Cl)cc3)ccc3ccccc23)cc1. The van der Waals surface area contributed by atoms with Gasteiger partial charge in [-0.25, -0.2) is 0 Å². The maximum absolute atomic E-state index is 12.9. The summed E-state index contributed by atoms with van der Waals surface area (Å²) in [5.74, 6) is 0.732. The van der Waals surface area contributed by atoms with Crippen molar-refractivity contribution in [1.82, 2.24) is 0 Å². The fourth-order valence-corrected chi connectivity index (χ4v) is 3.58. The highest BCUT2D eigenvalue weighted by Crippen LogP contribution is 2.31. The molecular weight excluding hydrogens is 448 g/mol. The van der Waals surface area contributed by atoms with Gasteiger partial charge in [0.2, 0.25) is 0 Å². The third-order valence-electron chi connectivity index (χ3n) is 5.24. The first-order chi connectivity index (χ1) is 16.6. The number of methoxy groups -OCH3 is 1. The van der Waals surface area contributed by atoms with Crippen LogP contribution in [0.25, 0.3) is 16.8 Å². The predicted molar refractivity (Wildman–Crippen MR) is 135 cm³/mol. The average molecular weight is 469 g/mol. The summed E-state index contributed by atoms with van der Waals surface area (Å²) in [7, 11) is 1.57. The summed E-state index contributed by atoms with van der Waals surface area (Å²) in [6, 6.07) is 27.9. The number of nitriles is 1. The van der Waals surface area contributed by atoms with Crippen LogP contribution in [0.15, 0.2) is 90.5 Å². The van der Waals surface area contributed by atoms with Crippen LogP contribution in [0.4, 0.5) is 5.69 Å². The molecule has 0 aliphatic carbocycles. The van der Waals surface area contributed by atoms with Crippen molar-refractivity contribution in [2.24, 2.45) is 0 Å². The number of hydrogen-bond donors (Lipinski definition) is 1. The molecule has 0 saturated carbocycles. The summed E-state index contributed by atoms with van der Waals surface area (Å²) in [5.41, 5.74) is 2.13. The summed E-state index contributed by atoms with van der Waals surface area (Å²) >= 11 is 5.97. The molecule has 0 radical (unpaired) electrons. The van der Waals surface area contributed by atoms with Crippen LogP contribution in [0.2, 0.25) is 5.02 Å². The first-order valence-electron chi connectivity index (χ1n) is 10.5. The Morgan fingerprint density at radius 3 is 2.44 bits per heavy atom. The number of benzene rings is 4. The third-order valence-corrected chi connectivity index (χ3v) is 5.49. The molecule has 0 aliphatic rings. The highest BCUT2D eigenvalue weighted by atomic mass is 35.5. The van der Waals surface area contributed by atoms with Crippen molar-refractivity contribution in [3.63, 3.8) is 0 Å². The van der Waals surface area contributed by atoms with Crippen molar-refractivity contribution < 1.29 is 14.3 Å². The van der Waals surface area contributed by atoms with Crippen LogP contribution in [-0.4, -0.2) is 13.0 Å². The van der Waals surface area contributed by atoms with Gasteiger partial charge in [0.15, 0.2) is 0 Å². The van der Waals surface area contributed by atoms with Crippen molar-refractivity contribution in [3.8, 4) is 17.6 Å². The highest BCUT2D eigenvalue weighted by Gasteiger charge is 2.14. The van der Waals surface area contributed by atoms with Crippen molar-refractivity contribution in [2.45, 2.75) is 6.61 Å². The van der Waals surface area contributed by atoms with Gasteiger partial charge in [-0.05, 0) is 64.9 Å². The van der Waals surface area contributed by atoms with Gasteiger partial charge in [-0.2, -0.15) is 5.26 Å². The monoisotopic (exact) mass is 468 g/mol. The van der Waals surface area contributed by atoms with E-state index in [1.54, 1.807) is 49.6 Å². The second-order valence-electron chi connectivity index (χ2n) is 7.47. The minimum absolute atomic E-state index is 0.0384. The zero-order valence-electron chi connectivity index (χ0n) is 18.4. The van der Waals surface area contributed by atoms with Crippen molar-refractivity contribution in [1.29, 1.82) is 5.26 Å². The van der Waals surface area contributed by atoms with Gasteiger partial charge in [0, 0.05) is 16.3 Å². The summed E-state index contributed by atoms with van der Waals surface area (Å²) in [6.45, 7) is 0.316. The Kier molecular flexibility index (Phi) is 7.12. The molecule has 4 aromatic rings. The van der Waals surface area contributed by atoms with E-state index in [-0.39, 0.29) is 5.57 Å². The molecule has 0 unspecified atom stereocenters. The second kappa shape index (κ2) is 10.6. The first-order valence-corrected chi connectivity index (χ1v) is 10.9. The van der Waals surface area contributed by atoms with Crippen molar-refractivity contribution in [2.75, 3.05) is 12.4 Å². The van der Waals surface area contributed by atoms with Crippen molar-refractivity contribution >= 4 is 40.0 Å². The molecule has 5 nitrogen and oxygen atoms in total. The minimum atomic E-state index is -0.510. The molecule has 0 aliphatic heterocycles. The number of carbonyl (C=O) groups excluding carboxylic acids is 1. The van der Waals surface area contributed by atoms with Crippen LogP contribution in [-0.2, 0) is 11.4 Å². The van der Waals surface area contributed by atoms with Gasteiger partial charge < -0.3 is 14.8 Å². The largest absolute Gasteiger partial charge is 0.497 e. The number of hydrogen-bond acceptors (Lipinski definition) is 4. The predicted octanol–water partition coefficient (Wildman–Crippen LogP) is 6.63. The molecule has 0 atom stereocenters. The van der Waals surface area contributed by atoms with E-state index < -0.39 is 5.91 Å².